The van der Waals surface area contributed by atoms with E-state index in [4.69, 9.17) is 0 Å². The maximum atomic E-state index is 4.45. The van der Waals surface area contributed by atoms with Crippen molar-refractivity contribution in [3.05, 3.63) is 16.4 Å². The first-order chi connectivity index (χ1) is 7.56. The van der Waals surface area contributed by atoms with E-state index in [0.29, 0.717) is 12.1 Å². The highest BCUT2D eigenvalue weighted by molar-refractivity contribution is 9.10. The predicted molar refractivity (Wildman–Crippen MR) is 69.4 cm³/mol. The van der Waals surface area contributed by atoms with Crippen LogP contribution in [0, 0.1) is 11.8 Å². The fourth-order valence-electron chi connectivity index (χ4n) is 2.42. The molecule has 1 heterocycles. The maximum absolute atomic E-state index is 4.45. The van der Waals surface area contributed by atoms with Crippen molar-refractivity contribution in [3.63, 3.8) is 0 Å². The van der Waals surface area contributed by atoms with Gasteiger partial charge in [0, 0.05) is 6.04 Å². The molecule has 1 aromatic heterocycles. The minimum atomic E-state index is 0.409. The highest BCUT2D eigenvalue weighted by Crippen LogP contribution is 2.48. The van der Waals surface area contributed by atoms with E-state index in [0.717, 1.165) is 16.3 Å². The van der Waals surface area contributed by atoms with Gasteiger partial charge in [0.05, 0.1) is 22.4 Å². The molecule has 1 fully saturated rings. The van der Waals surface area contributed by atoms with Crippen LogP contribution in [-0.4, -0.2) is 16.8 Å². The largest absolute Gasteiger partial charge is 0.311 e. The first-order valence-electron chi connectivity index (χ1n) is 5.96. The highest BCUT2D eigenvalue weighted by Gasteiger charge is 2.41. The van der Waals surface area contributed by atoms with Gasteiger partial charge in [0.1, 0.15) is 0 Å². The number of halogens is 1. The lowest BCUT2D eigenvalue weighted by molar-refractivity contribution is 0.424. The van der Waals surface area contributed by atoms with E-state index in [1.54, 1.807) is 0 Å². The van der Waals surface area contributed by atoms with Gasteiger partial charge >= 0.3 is 0 Å². The standard InChI is InChI=1S/C12H20BrN3/c1-7(2)16-12(10(13)6-15-16)11(14-4)9-5-8(9)3/h6-9,11,14H,5H2,1-4H3. The van der Waals surface area contributed by atoms with Crippen LogP contribution in [0.2, 0.25) is 0 Å². The molecule has 1 saturated carbocycles. The smallest absolute Gasteiger partial charge is 0.0701 e. The average molecular weight is 286 g/mol. The molecule has 90 valence electrons. The van der Waals surface area contributed by atoms with Crippen LogP contribution in [-0.2, 0) is 0 Å². The monoisotopic (exact) mass is 285 g/mol. The van der Waals surface area contributed by atoms with Crippen LogP contribution in [0.25, 0.3) is 0 Å². The SMILES string of the molecule is CNC(c1c(Br)cnn1C(C)C)C1CC1C. The van der Waals surface area contributed by atoms with Crippen molar-refractivity contribution < 1.29 is 0 Å². The molecule has 3 atom stereocenters. The van der Waals surface area contributed by atoms with Crippen LogP contribution in [0.1, 0.15) is 45.0 Å². The van der Waals surface area contributed by atoms with E-state index in [9.17, 15) is 0 Å². The van der Waals surface area contributed by atoms with Gasteiger partial charge in [-0.15, -0.1) is 0 Å². The molecule has 0 spiro atoms. The zero-order valence-electron chi connectivity index (χ0n) is 10.4. The van der Waals surface area contributed by atoms with Crippen molar-refractivity contribution >= 4 is 15.9 Å². The second-order valence-corrected chi connectivity index (χ2v) is 5.91. The quantitative estimate of drug-likeness (QED) is 0.921. The Morgan fingerprint density at radius 2 is 2.19 bits per heavy atom. The first kappa shape index (κ1) is 12.1. The summed E-state index contributed by atoms with van der Waals surface area (Å²) in [6.07, 6.45) is 3.23. The Morgan fingerprint density at radius 3 is 2.62 bits per heavy atom. The van der Waals surface area contributed by atoms with Crippen LogP contribution in [0.3, 0.4) is 0 Å². The summed E-state index contributed by atoms with van der Waals surface area (Å²) in [6.45, 7) is 6.66. The molecule has 0 radical (unpaired) electrons. The Morgan fingerprint density at radius 1 is 1.56 bits per heavy atom. The van der Waals surface area contributed by atoms with Gasteiger partial charge in [-0.05, 0) is 55.1 Å². The van der Waals surface area contributed by atoms with Gasteiger partial charge in [-0.1, -0.05) is 6.92 Å². The lowest BCUT2D eigenvalue weighted by Gasteiger charge is -2.20. The fraction of sp³-hybridized carbons (Fsp3) is 0.750. The highest BCUT2D eigenvalue weighted by atomic mass is 79.9. The number of nitrogens with zero attached hydrogens (tertiary/aromatic N) is 2. The molecule has 1 aliphatic rings. The molecule has 0 saturated heterocycles. The Balaban J connectivity index is 2.33. The van der Waals surface area contributed by atoms with Crippen molar-refractivity contribution in [2.45, 2.75) is 39.3 Å². The lowest BCUT2D eigenvalue weighted by atomic mass is 10.1. The van der Waals surface area contributed by atoms with Crippen molar-refractivity contribution in [2.24, 2.45) is 11.8 Å². The molecular weight excluding hydrogens is 266 g/mol. The summed E-state index contributed by atoms with van der Waals surface area (Å²) in [5, 5.41) is 7.89. The summed E-state index contributed by atoms with van der Waals surface area (Å²) in [6, 6.07) is 0.834. The molecule has 16 heavy (non-hydrogen) atoms. The lowest BCUT2D eigenvalue weighted by Crippen LogP contribution is -2.24. The van der Waals surface area contributed by atoms with Crippen LogP contribution < -0.4 is 5.32 Å². The maximum Gasteiger partial charge on any atom is 0.0701 e. The third kappa shape index (κ3) is 2.05. The summed E-state index contributed by atoms with van der Waals surface area (Å²) < 4.78 is 3.25. The van der Waals surface area contributed by atoms with E-state index < -0.39 is 0 Å². The van der Waals surface area contributed by atoms with Gasteiger partial charge in [-0.2, -0.15) is 5.10 Å². The first-order valence-corrected chi connectivity index (χ1v) is 6.75. The van der Waals surface area contributed by atoms with Crippen molar-refractivity contribution in [1.29, 1.82) is 0 Å². The number of hydrogen-bond donors (Lipinski definition) is 1. The third-order valence-corrected chi connectivity index (χ3v) is 4.09. The molecule has 0 aromatic carbocycles. The summed E-state index contributed by atoms with van der Waals surface area (Å²) in [4.78, 5) is 0. The second kappa shape index (κ2) is 4.49. The van der Waals surface area contributed by atoms with Crippen LogP contribution in [0.15, 0.2) is 10.7 Å². The van der Waals surface area contributed by atoms with Crippen LogP contribution >= 0.6 is 15.9 Å². The fourth-order valence-corrected chi connectivity index (χ4v) is 2.94. The molecule has 1 aromatic rings. The van der Waals surface area contributed by atoms with E-state index in [1.807, 2.05) is 13.2 Å². The molecule has 1 aliphatic carbocycles. The molecule has 0 aliphatic heterocycles. The second-order valence-electron chi connectivity index (χ2n) is 5.06. The van der Waals surface area contributed by atoms with Crippen molar-refractivity contribution in [1.82, 2.24) is 15.1 Å². The van der Waals surface area contributed by atoms with E-state index >= 15 is 0 Å². The van der Waals surface area contributed by atoms with Crippen molar-refractivity contribution in [3.8, 4) is 0 Å². The molecule has 0 amide bonds. The Labute approximate surface area is 106 Å². The molecule has 3 unspecified atom stereocenters. The minimum Gasteiger partial charge on any atom is -0.311 e. The van der Waals surface area contributed by atoms with Gasteiger partial charge in [-0.3, -0.25) is 4.68 Å². The molecule has 3 nitrogen and oxygen atoms in total. The molecule has 2 rings (SSSR count). The molecule has 1 N–H and O–H groups in total. The Bertz CT molecular complexity index is 372. The van der Waals surface area contributed by atoms with Gasteiger partial charge in [0.15, 0.2) is 0 Å². The zero-order valence-corrected chi connectivity index (χ0v) is 12.0. The number of nitrogens with one attached hydrogen (secondary N) is 1. The zero-order chi connectivity index (χ0) is 11.9. The van der Waals surface area contributed by atoms with Gasteiger partial charge in [-0.25, -0.2) is 0 Å². The minimum absolute atomic E-state index is 0.409. The predicted octanol–water partition coefficient (Wildman–Crippen LogP) is 3.14. The average Bonchev–Trinajstić information content (AvgIpc) is 2.80. The van der Waals surface area contributed by atoms with E-state index in [-0.39, 0.29) is 0 Å². The van der Waals surface area contributed by atoms with Gasteiger partial charge in [0.25, 0.3) is 0 Å². The Kier molecular flexibility index (Phi) is 3.40. The normalized spacial score (nSPS) is 26.1. The number of hydrogen-bond acceptors (Lipinski definition) is 2. The molecule has 4 heteroatoms. The van der Waals surface area contributed by atoms with Crippen LogP contribution in [0.5, 0.6) is 0 Å². The van der Waals surface area contributed by atoms with Crippen molar-refractivity contribution in [2.75, 3.05) is 7.05 Å². The summed E-state index contributed by atoms with van der Waals surface area (Å²) >= 11 is 3.62. The van der Waals surface area contributed by atoms with Gasteiger partial charge in [0.2, 0.25) is 0 Å². The van der Waals surface area contributed by atoms with E-state index in [2.05, 4.69) is 51.8 Å². The topological polar surface area (TPSA) is 29.9 Å². The van der Waals surface area contributed by atoms with E-state index in [1.165, 1.54) is 12.1 Å². The summed E-state index contributed by atoms with van der Waals surface area (Å²) in [7, 11) is 2.04. The van der Waals surface area contributed by atoms with Gasteiger partial charge < -0.3 is 5.32 Å². The summed E-state index contributed by atoms with van der Waals surface area (Å²) in [5.41, 5.74) is 1.30. The number of aromatic nitrogens is 2. The summed E-state index contributed by atoms with van der Waals surface area (Å²) in [5.74, 6) is 1.59. The molecular formula is C12H20BrN3. The number of rotatable bonds is 4. The third-order valence-electron chi connectivity index (χ3n) is 3.48. The Hall–Kier alpha value is -0.350. The molecule has 0 bridgehead atoms. The van der Waals surface area contributed by atoms with Crippen LogP contribution in [0.4, 0.5) is 0 Å².